The minimum Gasteiger partial charge on any atom is -0.366 e. The topological polar surface area (TPSA) is 42.2 Å². The number of aromatic nitrogens is 1. The normalized spacial score (nSPS) is 10.5. The van der Waals surface area contributed by atoms with Gasteiger partial charge in [0.2, 0.25) is 0 Å². The summed E-state index contributed by atoms with van der Waals surface area (Å²) in [6, 6.07) is 9.26. The third-order valence-electron chi connectivity index (χ3n) is 2.90. The first-order chi connectivity index (χ1) is 9.13. The van der Waals surface area contributed by atoms with E-state index in [9.17, 15) is 4.39 Å². The van der Waals surface area contributed by atoms with Gasteiger partial charge in [-0.25, -0.2) is 4.39 Å². The lowest BCUT2D eigenvalue weighted by Gasteiger charge is -2.20. The van der Waals surface area contributed by atoms with E-state index in [-0.39, 0.29) is 5.82 Å². The van der Waals surface area contributed by atoms with Gasteiger partial charge in [-0.05, 0) is 39.7 Å². The summed E-state index contributed by atoms with van der Waals surface area (Å²) in [4.78, 5) is 6.06. The Bertz CT molecular complexity index is 560. The van der Waals surface area contributed by atoms with Crippen LogP contribution in [0.15, 0.2) is 41.0 Å². The van der Waals surface area contributed by atoms with Crippen LogP contribution in [-0.2, 0) is 13.1 Å². The summed E-state index contributed by atoms with van der Waals surface area (Å²) in [5.41, 5.74) is 7.72. The number of nitrogens with two attached hydrogens (primary N) is 1. The molecule has 0 aliphatic carbocycles. The molecule has 0 fully saturated rings. The minimum atomic E-state index is -0.290. The average Bonchev–Trinajstić information content (AvgIpc) is 2.42. The highest BCUT2D eigenvalue weighted by Crippen LogP contribution is 2.29. The summed E-state index contributed by atoms with van der Waals surface area (Å²) in [5.74, 6) is -0.290. The molecule has 1 aromatic carbocycles. The molecule has 3 nitrogen and oxygen atoms in total. The molecule has 1 aromatic heterocycles. The van der Waals surface area contributed by atoms with Crippen LogP contribution in [0.5, 0.6) is 0 Å². The van der Waals surface area contributed by atoms with Crippen LogP contribution in [0.4, 0.5) is 10.1 Å². The van der Waals surface area contributed by atoms with Gasteiger partial charge in [0.1, 0.15) is 0 Å². The summed E-state index contributed by atoms with van der Waals surface area (Å²) in [6.45, 7) is 0.855. The fraction of sp³-hybridized carbons (Fsp3) is 0.214. The van der Waals surface area contributed by atoms with Crippen molar-refractivity contribution in [1.29, 1.82) is 0 Å². The first-order valence-electron chi connectivity index (χ1n) is 5.91. The fourth-order valence-corrected chi connectivity index (χ4v) is 2.35. The molecular weight excluding hydrogens is 309 g/mol. The smallest absolute Gasteiger partial charge is 0.160 e. The van der Waals surface area contributed by atoms with Crippen molar-refractivity contribution in [3.8, 4) is 0 Å². The predicted octanol–water partition coefficient (Wildman–Crippen LogP) is 3.08. The van der Waals surface area contributed by atoms with Gasteiger partial charge in [0, 0.05) is 19.8 Å². The Balaban J connectivity index is 2.25. The lowest BCUT2D eigenvalue weighted by atomic mass is 10.2. The van der Waals surface area contributed by atoms with Crippen LogP contribution in [0.3, 0.4) is 0 Å². The van der Waals surface area contributed by atoms with E-state index in [1.54, 1.807) is 12.3 Å². The van der Waals surface area contributed by atoms with Crippen molar-refractivity contribution in [2.75, 3.05) is 11.9 Å². The second-order valence-corrected chi connectivity index (χ2v) is 5.05. The number of hydrogen-bond acceptors (Lipinski definition) is 3. The molecule has 100 valence electrons. The SMILES string of the molecule is CN(Cc1ccccn1)c1ccc(CN)c(Br)c1F. The number of nitrogens with zero attached hydrogens (tertiary/aromatic N) is 2. The molecule has 0 radical (unpaired) electrons. The van der Waals surface area contributed by atoms with Gasteiger partial charge in [0.05, 0.1) is 22.4 Å². The lowest BCUT2D eigenvalue weighted by Crippen LogP contribution is -2.19. The third kappa shape index (κ3) is 3.11. The van der Waals surface area contributed by atoms with Crippen LogP contribution in [0.2, 0.25) is 0 Å². The van der Waals surface area contributed by atoms with E-state index >= 15 is 0 Å². The molecule has 1 heterocycles. The molecule has 19 heavy (non-hydrogen) atoms. The Morgan fingerprint density at radius 1 is 1.32 bits per heavy atom. The van der Waals surface area contributed by atoms with Gasteiger partial charge in [0.15, 0.2) is 5.82 Å². The predicted molar refractivity (Wildman–Crippen MR) is 78.3 cm³/mol. The fourth-order valence-electron chi connectivity index (χ4n) is 1.85. The highest BCUT2D eigenvalue weighted by Gasteiger charge is 2.14. The molecule has 2 N–H and O–H groups in total. The summed E-state index contributed by atoms with van der Waals surface area (Å²) < 4.78 is 14.7. The monoisotopic (exact) mass is 323 g/mol. The van der Waals surface area contributed by atoms with Crippen molar-refractivity contribution in [3.63, 3.8) is 0 Å². The van der Waals surface area contributed by atoms with Gasteiger partial charge < -0.3 is 10.6 Å². The van der Waals surface area contributed by atoms with E-state index in [0.717, 1.165) is 11.3 Å². The van der Waals surface area contributed by atoms with Crippen molar-refractivity contribution in [2.45, 2.75) is 13.1 Å². The molecule has 0 amide bonds. The summed E-state index contributed by atoms with van der Waals surface area (Å²) in [5, 5.41) is 0. The molecule has 0 spiro atoms. The number of rotatable bonds is 4. The summed E-state index contributed by atoms with van der Waals surface area (Å²) in [6.07, 6.45) is 1.73. The van der Waals surface area contributed by atoms with E-state index in [4.69, 9.17) is 5.73 Å². The Labute approximate surface area is 120 Å². The third-order valence-corrected chi connectivity index (χ3v) is 3.76. The minimum absolute atomic E-state index is 0.290. The number of halogens is 2. The van der Waals surface area contributed by atoms with Gasteiger partial charge in [-0.3, -0.25) is 4.98 Å². The van der Waals surface area contributed by atoms with Crippen LogP contribution in [0.1, 0.15) is 11.3 Å². The molecule has 5 heteroatoms. The van der Waals surface area contributed by atoms with E-state index in [2.05, 4.69) is 20.9 Å². The number of hydrogen-bond donors (Lipinski definition) is 1. The van der Waals surface area contributed by atoms with Crippen molar-refractivity contribution >= 4 is 21.6 Å². The van der Waals surface area contributed by atoms with Gasteiger partial charge >= 0.3 is 0 Å². The van der Waals surface area contributed by atoms with Crippen LogP contribution in [0.25, 0.3) is 0 Å². The Kier molecular flexibility index (Phi) is 4.50. The van der Waals surface area contributed by atoms with Gasteiger partial charge in [-0.15, -0.1) is 0 Å². The van der Waals surface area contributed by atoms with Crippen molar-refractivity contribution in [2.24, 2.45) is 5.73 Å². The second-order valence-electron chi connectivity index (χ2n) is 4.25. The van der Waals surface area contributed by atoms with Crippen LogP contribution >= 0.6 is 15.9 Å². The van der Waals surface area contributed by atoms with Crippen LogP contribution in [0, 0.1) is 5.82 Å². The molecule has 0 saturated carbocycles. The molecule has 2 aromatic rings. The van der Waals surface area contributed by atoms with Crippen molar-refractivity contribution in [3.05, 3.63) is 58.1 Å². The standard InChI is InChI=1S/C14H15BrFN3/c1-19(9-11-4-2-3-7-18-11)12-6-5-10(8-17)13(15)14(12)16/h2-7H,8-9,17H2,1H3. The molecule has 0 unspecified atom stereocenters. The average molecular weight is 324 g/mol. The number of anilines is 1. The van der Waals surface area contributed by atoms with Crippen LogP contribution < -0.4 is 10.6 Å². The maximum Gasteiger partial charge on any atom is 0.160 e. The lowest BCUT2D eigenvalue weighted by molar-refractivity contribution is 0.612. The second kappa shape index (κ2) is 6.12. The van der Waals surface area contributed by atoms with E-state index in [1.807, 2.05) is 36.2 Å². The maximum absolute atomic E-state index is 14.2. The molecular formula is C14H15BrFN3. The highest BCUT2D eigenvalue weighted by molar-refractivity contribution is 9.10. The molecule has 0 aliphatic heterocycles. The van der Waals surface area contributed by atoms with Crippen molar-refractivity contribution in [1.82, 2.24) is 4.98 Å². The quantitative estimate of drug-likeness (QED) is 0.940. The molecule has 0 atom stereocenters. The first-order valence-corrected chi connectivity index (χ1v) is 6.70. The zero-order valence-electron chi connectivity index (χ0n) is 10.6. The molecule has 0 aliphatic rings. The molecule has 2 rings (SSSR count). The Morgan fingerprint density at radius 3 is 2.74 bits per heavy atom. The van der Waals surface area contributed by atoms with Gasteiger partial charge in [0.25, 0.3) is 0 Å². The molecule has 0 bridgehead atoms. The Morgan fingerprint density at radius 2 is 2.11 bits per heavy atom. The number of benzene rings is 1. The van der Waals surface area contributed by atoms with Gasteiger partial charge in [-0.2, -0.15) is 0 Å². The van der Waals surface area contributed by atoms with Crippen molar-refractivity contribution < 1.29 is 4.39 Å². The molecule has 0 saturated heterocycles. The van der Waals surface area contributed by atoms with Gasteiger partial charge in [-0.1, -0.05) is 12.1 Å². The van der Waals surface area contributed by atoms with Crippen LogP contribution in [-0.4, -0.2) is 12.0 Å². The maximum atomic E-state index is 14.2. The van der Waals surface area contributed by atoms with E-state index < -0.39 is 0 Å². The zero-order valence-corrected chi connectivity index (χ0v) is 12.2. The first kappa shape index (κ1) is 14.0. The largest absolute Gasteiger partial charge is 0.366 e. The summed E-state index contributed by atoms with van der Waals surface area (Å²) in [7, 11) is 1.83. The Hall–Kier alpha value is -1.46. The highest BCUT2D eigenvalue weighted by atomic mass is 79.9. The zero-order chi connectivity index (χ0) is 13.8. The number of pyridine rings is 1. The van der Waals surface area contributed by atoms with E-state index in [1.165, 1.54) is 0 Å². The summed E-state index contributed by atoms with van der Waals surface area (Å²) >= 11 is 3.25. The van der Waals surface area contributed by atoms with E-state index in [0.29, 0.717) is 23.2 Å².